The maximum atomic E-state index is 4.57. The Balaban J connectivity index is 1.95. The second-order valence-electron chi connectivity index (χ2n) is 5.08. The van der Waals surface area contributed by atoms with E-state index in [0.29, 0.717) is 0 Å². The molecule has 0 fully saturated rings. The molecule has 108 valence electrons. The molecule has 0 saturated carbocycles. The van der Waals surface area contributed by atoms with Gasteiger partial charge in [0.25, 0.3) is 0 Å². The highest BCUT2D eigenvalue weighted by molar-refractivity contribution is 14.1. The normalized spacial score (nSPS) is 11.0. The molecule has 0 saturated heterocycles. The van der Waals surface area contributed by atoms with Gasteiger partial charge in [0.2, 0.25) is 0 Å². The first-order valence-electron chi connectivity index (χ1n) is 6.72. The molecule has 3 aromatic heterocycles. The van der Waals surface area contributed by atoms with Gasteiger partial charge in [0.05, 0.1) is 9.26 Å². The fourth-order valence-corrected chi connectivity index (χ4v) is 2.71. The van der Waals surface area contributed by atoms with Crippen LogP contribution in [0.3, 0.4) is 0 Å². The molecule has 0 amide bonds. The lowest BCUT2D eigenvalue weighted by Crippen LogP contribution is -2.07. The zero-order chi connectivity index (χ0) is 15.0. The number of aromatic nitrogens is 4. The summed E-state index contributed by atoms with van der Waals surface area (Å²) < 4.78 is 2.97. The predicted octanol–water partition coefficient (Wildman–Crippen LogP) is 3.27. The van der Waals surface area contributed by atoms with Crippen LogP contribution in [0.2, 0.25) is 0 Å². The van der Waals surface area contributed by atoms with Crippen LogP contribution in [0.5, 0.6) is 0 Å². The molecule has 0 unspecified atom stereocenters. The van der Waals surface area contributed by atoms with Crippen molar-refractivity contribution in [1.29, 1.82) is 0 Å². The standard InChI is InChI=1S/C15H16IN5/c1-9-6-12(4-5-17-9)8-18-13-7-10(2)19-15-14(16)11(3)20-21(13)15/h4-7,18H,8H2,1-3H3. The molecule has 3 aromatic rings. The third kappa shape index (κ3) is 2.85. The second kappa shape index (κ2) is 5.59. The van der Waals surface area contributed by atoms with Crippen molar-refractivity contribution in [2.45, 2.75) is 27.3 Å². The molecular formula is C15H16IN5. The van der Waals surface area contributed by atoms with Gasteiger partial charge in [-0.1, -0.05) is 0 Å². The Kier molecular flexibility index (Phi) is 3.79. The van der Waals surface area contributed by atoms with Gasteiger partial charge in [0.1, 0.15) is 5.82 Å². The average molecular weight is 393 g/mol. The Morgan fingerprint density at radius 1 is 1.19 bits per heavy atom. The minimum absolute atomic E-state index is 0.734. The van der Waals surface area contributed by atoms with Gasteiger partial charge in [-0.15, -0.1) is 0 Å². The van der Waals surface area contributed by atoms with Crippen molar-refractivity contribution in [3.8, 4) is 0 Å². The Labute approximate surface area is 137 Å². The van der Waals surface area contributed by atoms with E-state index in [4.69, 9.17) is 0 Å². The predicted molar refractivity (Wildman–Crippen MR) is 91.5 cm³/mol. The highest BCUT2D eigenvalue weighted by Crippen LogP contribution is 2.21. The quantitative estimate of drug-likeness (QED) is 0.695. The Bertz CT molecular complexity index is 809. The van der Waals surface area contributed by atoms with Crippen LogP contribution in [0.1, 0.15) is 22.6 Å². The lowest BCUT2D eigenvalue weighted by atomic mass is 10.2. The summed E-state index contributed by atoms with van der Waals surface area (Å²) in [5, 5.41) is 8.00. The van der Waals surface area contributed by atoms with Gasteiger partial charge in [-0.05, 0) is 61.1 Å². The summed E-state index contributed by atoms with van der Waals surface area (Å²) in [4.78, 5) is 8.79. The van der Waals surface area contributed by atoms with Gasteiger partial charge in [0, 0.05) is 30.2 Å². The highest BCUT2D eigenvalue weighted by atomic mass is 127. The van der Waals surface area contributed by atoms with Crippen molar-refractivity contribution < 1.29 is 0 Å². The van der Waals surface area contributed by atoms with Crippen molar-refractivity contribution in [2.75, 3.05) is 5.32 Å². The molecule has 0 aliphatic heterocycles. The number of nitrogens with one attached hydrogen (secondary N) is 1. The smallest absolute Gasteiger partial charge is 0.171 e. The summed E-state index contributed by atoms with van der Waals surface area (Å²) in [7, 11) is 0. The fourth-order valence-electron chi connectivity index (χ4n) is 2.25. The minimum atomic E-state index is 0.734. The largest absolute Gasteiger partial charge is 0.366 e. The molecule has 3 rings (SSSR count). The third-order valence-electron chi connectivity index (χ3n) is 3.26. The molecule has 0 spiro atoms. The van der Waals surface area contributed by atoms with Gasteiger partial charge >= 0.3 is 0 Å². The van der Waals surface area contributed by atoms with Gasteiger partial charge in [0.15, 0.2) is 5.65 Å². The average Bonchev–Trinajstić information content (AvgIpc) is 2.73. The number of anilines is 1. The number of rotatable bonds is 3. The molecule has 0 atom stereocenters. The molecule has 5 nitrogen and oxygen atoms in total. The molecule has 6 heteroatoms. The lowest BCUT2D eigenvalue weighted by Gasteiger charge is -2.09. The number of hydrogen-bond acceptors (Lipinski definition) is 4. The monoisotopic (exact) mass is 393 g/mol. The summed E-state index contributed by atoms with van der Waals surface area (Å²) in [5.74, 6) is 0.956. The summed E-state index contributed by atoms with van der Waals surface area (Å²) in [6.45, 7) is 6.73. The summed E-state index contributed by atoms with van der Waals surface area (Å²) >= 11 is 2.29. The maximum Gasteiger partial charge on any atom is 0.171 e. The van der Waals surface area contributed by atoms with E-state index < -0.39 is 0 Å². The number of hydrogen-bond donors (Lipinski definition) is 1. The molecule has 3 heterocycles. The van der Waals surface area contributed by atoms with Gasteiger partial charge in [-0.25, -0.2) is 4.98 Å². The van der Waals surface area contributed by atoms with Crippen LogP contribution in [0.15, 0.2) is 24.4 Å². The molecule has 1 N–H and O–H groups in total. The zero-order valence-electron chi connectivity index (χ0n) is 12.2. The van der Waals surface area contributed by atoms with Crippen LogP contribution < -0.4 is 5.32 Å². The van der Waals surface area contributed by atoms with Gasteiger partial charge in [-0.2, -0.15) is 9.61 Å². The van der Waals surface area contributed by atoms with Gasteiger partial charge in [-0.3, -0.25) is 4.98 Å². The molecule has 0 radical (unpaired) electrons. The van der Waals surface area contributed by atoms with Crippen molar-refractivity contribution in [2.24, 2.45) is 0 Å². The van der Waals surface area contributed by atoms with E-state index in [9.17, 15) is 0 Å². The SMILES string of the molecule is Cc1cc(CNc2cc(C)nc3c(I)c(C)nn23)ccn1. The van der Waals surface area contributed by atoms with Crippen molar-refractivity contribution in [3.05, 3.63) is 50.6 Å². The van der Waals surface area contributed by atoms with Crippen molar-refractivity contribution >= 4 is 34.1 Å². The van der Waals surface area contributed by atoms with E-state index >= 15 is 0 Å². The Morgan fingerprint density at radius 3 is 2.76 bits per heavy atom. The molecule has 0 bridgehead atoms. The van der Waals surface area contributed by atoms with Crippen molar-refractivity contribution in [1.82, 2.24) is 19.6 Å². The van der Waals surface area contributed by atoms with E-state index in [2.05, 4.69) is 49.0 Å². The van der Waals surface area contributed by atoms with Gasteiger partial charge < -0.3 is 5.32 Å². The second-order valence-corrected chi connectivity index (χ2v) is 6.16. The molecule has 0 aromatic carbocycles. The molecule has 21 heavy (non-hydrogen) atoms. The van der Waals surface area contributed by atoms with Crippen molar-refractivity contribution in [3.63, 3.8) is 0 Å². The van der Waals surface area contributed by atoms with E-state index in [1.54, 1.807) is 0 Å². The van der Waals surface area contributed by atoms with Crippen LogP contribution in [0.25, 0.3) is 5.65 Å². The zero-order valence-corrected chi connectivity index (χ0v) is 14.3. The van der Waals surface area contributed by atoms with Crippen LogP contribution in [0.4, 0.5) is 5.82 Å². The summed E-state index contributed by atoms with van der Waals surface area (Å²) in [5.41, 5.74) is 5.10. The summed E-state index contributed by atoms with van der Waals surface area (Å²) in [6.07, 6.45) is 1.83. The summed E-state index contributed by atoms with van der Waals surface area (Å²) in [6, 6.07) is 6.11. The highest BCUT2D eigenvalue weighted by Gasteiger charge is 2.11. The third-order valence-corrected chi connectivity index (χ3v) is 4.52. The number of fused-ring (bicyclic) bond motifs is 1. The first-order chi connectivity index (χ1) is 10.0. The van der Waals surface area contributed by atoms with E-state index in [1.165, 1.54) is 5.56 Å². The van der Waals surface area contributed by atoms with Crippen LogP contribution in [-0.4, -0.2) is 19.6 Å². The first-order valence-corrected chi connectivity index (χ1v) is 7.80. The molecular weight excluding hydrogens is 377 g/mol. The topological polar surface area (TPSA) is 55.1 Å². The molecule has 0 aliphatic carbocycles. The minimum Gasteiger partial charge on any atom is -0.366 e. The Hall–Kier alpha value is -1.70. The van der Waals surface area contributed by atoms with Crippen LogP contribution in [0, 0.1) is 24.3 Å². The van der Waals surface area contributed by atoms with E-state index in [0.717, 1.165) is 38.7 Å². The number of pyridine rings is 1. The lowest BCUT2D eigenvalue weighted by molar-refractivity contribution is 0.899. The fraction of sp³-hybridized carbons (Fsp3) is 0.267. The van der Waals surface area contributed by atoms with Crippen LogP contribution in [-0.2, 0) is 6.54 Å². The Morgan fingerprint density at radius 2 is 2.00 bits per heavy atom. The number of halogens is 1. The maximum absolute atomic E-state index is 4.57. The van der Waals surface area contributed by atoms with Crippen LogP contribution >= 0.6 is 22.6 Å². The number of aryl methyl sites for hydroxylation is 3. The number of nitrogens with zero attached hydrogens (tertiary/aromatic N) is 4. The van der Waals surface area contributed by atoms with E-state index in [1.807, 2.05) is 43.6 Å². The van der Waals surface area contributed by atoms with E-state index in [-0.39, 0.29) is 0 Å². The first kappa shape index (κ1) is 14.2. The molecule has 0 aliphatic rings.